The molecule has 3 N–H and O–H groups in total. The first-order valence-electron chi connectivity index (χ1n) is 6.88. The molecule has 18 heavy (non-hydrogen) atoms. The van der Waals surface area contributed by atoms with E-state index in [-0.39, 0.29) is 0 Å². The van der Waals surface area contributed by atoms with Crippen molar-refractivity contribution in [3.63, 3.8) is 0 Å². The van der Waals surface area contributed by atoms with Gasteiger partial charge in [-0.2, -0.15) is 4.98 Å². The summed E-state index contributed by atoms with van der Waals surface area (Å²) in [6, 6.07) is 4.23. The Balaban J connectivity index is 1.99. The summed E-state index contributed by atoms with van der Waals surface area (Å²) in [4.78, 5) is 4.45. The SMILES string of the molecule is CCC(CC)Nc1ccc(N)c(OCC2CC2)n1. The van der Waals surface area contributed by atoms with Crippen LogP contribution in [0.4, 0.5) is 11.5 Å². The number of hydrogen-bond acceptors (Lipinski definition) is 4. The van der Waals surface area contributed by atoms with Crippen molar-refractivity contribution >= 4 is 11.5 Å². The number of nitrogens with one attached hydrogen (secondary N) is 1. The van der Waals surface area contributed by atoms with Gasteiger partial charge in [0, 0.05) is 6.04 Å². The second kappa shape index (κ2) is 5.94. The van der Waals surface area contributed by atoms with Crippen molar-refractivity contribution in [1.82, 2.24) is 4.98 Å². The van der Waals surface area contributed by atoms with E-state index in [1.807, 2.05) is 12.1 Å². The monoisotopic (exact) mass is 249 g/mol. The lowest BCUT2D eigenvalue weighted by Gasteiger charge is -2.16. The molecule has 4 nitrogen and oxygen atoms in total. The number of nitrogens with zero attached hydrogens (tertiary/aromatic N) is 1. The average Bonchev–Trinajstić information content (AvgIpc) is 3.20. The molecule has 1 aliphatic rings. The van der Waals surface area contributed by atoms with Crippen LogP contribution in [-0.4, -0.2) is 17.6 Å². The Bertz CT molecular complexity index is 387. The maximum atomic E-state index is 5.88. The molecule has 0 aromatic carbocycles. The van der Waals surface area contributed by atoms with Crippen molar-refractivity contribution in [2.45, 2.75) is 45.6 Å². The third kappa shape index (κ3) is 3.52. The molecule has 1 heterocycles. The molecule has 1 aromatic rings. The van der Waals surface area contributed by atoms with Gasteiger partial charge in [0.05, 0.1) is 12.3 Å². The van der Waals surface area contributed by atoms with Gasteiger partial charge in [0.25, 0.3) is 0 Å². The third-order valence-corrected chi connectivity index (χ3v) is 3.38. The second-order valence-corrected chi connectivity index (χ2v) is 5.00. The molecule has 0 spiro atoms. The topological polar surface area (TPSA) is 60.2 Å². The Morgan fingerprint density at radius 1 is 1.39 bits per heavy atom. The van der Waals surface area contributed by atoms with E-state index in [9.17, 15) is 0 Å². The average molecular weight is 249 g/mol. The highest BCUT2D eigenvalue weighted by atomic mass is 16.5. The number of rotatable bonds is 7. The molecular weight excluding hydrogens is 226 g/mol. The van der Waals surface area contributed by atoms with Crippen LogP contribution in [0.1, 0.15) is 39.5 Å². The smallest absolute Gasteiger partial charge is 0.239 e. The summed E-state index contributed by atoms with van der Waals surface area (Å²) < 4.78 is 5.67. The highest BCUT2D eigenvalue weighted by Gasteiger charge is 2.22. The molecule has 0 bridgehead atoms. The molecular formula is C14H23N3O. The number of nitrogens with two attached hydrogens (primary N) is 1. The molecule has 0 radical (unpaired) electrons. The normalized spacial score (nSPS) is 14.8. The van der Waals surface area contributed by atoms with Crippen LogP contribution in [-0.2, 0) is 0 Å². The molecule has 0 amide bonds. The van der Waals surface area contributed by atoms with Crippen LogP contribution in [0.5, 0.6) is 5.88 Å². The van der Waals surface area contributed by atoms with E-state index in [0.717, 1.165) is 25.3 Å². The van der Waals surface area contributed by atoms with Crippen molar-refractivity contribution < 1.29 is 4.74 Å². The van der Waals surface area contributed by atoms with Crippen LogP contribution in [0, 0.1) is 5.92 Å². The van der Waals surface area contributed by atoms with Crippen LogP contribution in [0.15, 0.2) is 12.1 Å². The minimum Gasteiger partial charge on any atom is -0.476 e. The van der Waals surface area contributed by atoms with Gasteiger partial charge >= 0.3 is 0 Å². The second-order valence-electron chi connectivity index (χ2n) is 5.00. The van der Waals surface area contributed by atoms with E-state index < -0.39 is 0 Å². The first-order chi connectivity index (χ1) is 8.72. The van der Waals surface area contributed by atoms with Crippen molar-refractivity contribution in [2.24, 2.45) is 5.92 Å². The van der Waals surface area contributed by atoms with E-state index in [2.05, 4.69) is 24.1 Å². The van der Waals surface area contributed by atoms with Crippen molar-refractivity contribution in [1.29, 1.82) is 0 Å². The van der Waals surface area contributed by atoms with E-state index in [0.29, 0.717) is 23.5 Å². The van der Waals surface area contributed by atoms with Crippen LogP contribution >= 0.6 is 0 Å². The first-order valence-corrected chi connectivity index (χ1v) is 6.88. The quantitative estimate of drug-likeness (QED) is 0.779. The Morgan fingerprint density at radius 3 is 2.72 bits per heavy atom. The molecule has 0 atom stereocenters. The van der Waals surface area contributed by atoms with Crippen LogP contribution in [0.2, 0.25) is 0 Å². The van der Waals surface area contributed by atoms with Crippen LogP contribution < -0.4 is 15.8 Å². The lowest BCUT2D eigenvalue weighted by atomic mass is 10.2. The van der Waals surface area contributed by atoms with Crippen LogP contribution in [0.3, 0.4) is 0 Å². The summed E-state index contributed by atoms with van der Waals surface area (Å²) >= 11 is 0. The molecule has 2 rings (SSSR count). The number of pyridine rings is 1. The van der Waals surface area contributed by atoms with E-state index in [4.69, 9.17) is 10.5 Å². The standard InChI is InChI=1S/C14H23N3O/c1-3-11(4-2)16-13-8-7-12(15)14(17-13)18-9-10-5-6-10/h7-8,10-11H,3-6,9,15H2,1-2H3,(H,16,17). The molecule has 1 fully saturated rings. The maximum Gasteiger partial charge on any atom is 0.239 e. The summed E-state index contributed by atoms with van der Waals surface area (Å²) in [6.07, 6.45) is 4.71. The van der Waals surface area contributed by atoms with Crippen molar-refractivity contribution in [3.8, 4) is 5.88 Å². The maximum absolute atomic E-state index is 5.88. The lowest BCUT2D eigenvalue weighted by molar-refractivity contribution is 0.290. The summed E-state index contributed by atoms with van der Waals surface area (Å²) in [5, 5.41) is 3.40. The predicted molar refractivity (Wildman–Crippen MR) is 74.9 cm³/mol. The zero-order valence-electron chi connectivity index (χ0n) is 11.3. The summed E-state index contributed by atoms with van der Waals surface area (Å²) in [7, 11) is 0. The first kappa shape index (κ1) is 13.0. The highest BCUT2D eigenvalue weighted by molar-refractivity contribution is 5.53. The van der Waals surface area contributed by atoms with Gasteiger partial charge in [0.1, 0.15) is 5.82 Å². The Labute approximate surface area is 109 Å². The molecule has 1 aromatic heterocycles. The van der Waals surface area contributed by atoms with Gasteiger partial charge in [0.2, 0.25) is 5.88 Å². The number of aromatic nitrogens is 1. The number of nitrogen functional groups attached to an aromatic ring is 1. The zero-order chi connectivity index (χ0) is 13.0. The molecule has 0 aliphatic heterocycles. The number of hydrogen-bond donors (Lipinski definition) is 2. The fraction of sp³-hybridized carbons (Fsp3) is 0.643. The number of ether oxygens (including phenoxy) is 1. The molecule has 1 aliphatic carbocycles. The molecule has 0 unspecified atom stereocenters. The van der Waals surface area contributed by atoms with Gasteiger partial charge in [-0.1, -0.05) is 13.8 Å². The minimum absolute atomic E-state index is 0.456. The molecule has 0 saturated heterocycles. The Kier molecular flexibility index (Phi) is 4.28. The van der Waals surface area contributed by atoms with Gasteiger partial charge in [0.15, 0.2) is 0 Å². The predicted octanol–water partition coefficient (Wildman–Crippen LogP) is 3.05. The van der Waals surface area contributed by atoms with Crippen molar-refractivity contribution in [2.75, 3.05) is 17.7 Å². The van der Waals surface area contributed by atoms with Crippen molar-refractivity contribution in [3.05, 3.63) is 12.1 Å². The largest absolute Gasteiger partial charge is 0.476 e. The van der Waals surface area contributed by atoms with Crippen LogP contribution in [0.25, 0.3) is 0 Å². The highest BCUT2D eigenvalue weighted by Crippen LogP contribution is 2.30. The fourth-order valence-electron chi connectivity index (χ4n) is 1.83. The molecule has 4 heteroatoms. The van der Waals surface area contributed by atoms with Gasteiger partial charge in [-0.15, -0.1) is 0 Å². The van der Waals surface area contributed by atoms with Gasteiger partial charge in [-0.3, -0.25) is 0 Å². The van der Waals surface area contributed by atoms with Gasteiger partial charge in [-0.25, -0.2) is 0 Å². The van der Waals surface area contributed by atoms with E-state index >= 15 is 0 Å². The Morgan fingerprint density at radius 2 is 2.11 bits per heavy atom. The lowest BCUT2D eigenvalue weighted by Crippen LogP contribution is -2.18. The number of anilines is 2. The fourth-order valence-corrected chi connectivity index (χ4v) is 1.83. The zero-order valence-corrected chi connectivity index (χ0v) is 11.3. The third-order valence-electron chi connectivity index (χ3n) is 3.38. The summed E-state index contributed by atoms with van der Waals surface area (Å²) in [5.41, 5.74) is 6.49. The minimum atomic E-state index is 0.456. The van der Waals surface area contributed by atoms with E-state index in [1.165, 1.54) is 12.8 Å². The summed E-state index contributed by atoms with van der Waals surface area (Å²) in [6.45, 7) is 5.08. The van der Waals surface area contributed by atoms with E-state index in [1.54, 1.807) is 0 Å². The van der Waals surface area contributed by atoms with Gasteiger partial charge < -0.3 is 15.8 Å². The molecule has 100 valence electrons. The Hall–Kier alpha value is -1.45. The molecule has 1 saturated carbocycles. The van der Waals surface area contributed by atoms with Gasteiger partial charge in [-0.05, 0) is 43.7 Å². The summed E-state index contributed by atoms with van der Waals surface area (Å²) in [5.74, 6) is 2.13.